The van der Waals surface area contributed by atoms with E-state index in [2.05, 4.69) is 29.7 Å². The van der Waals surface area contributed by atoms with Gasteiger partial charge in [0.2, 0.25) is 5.91 Å². The van der Waals surface area contributed by atoms with Crippen molar-refractivity contribution in [2.24, 2.45) is 5.92 Å². The fourth-order valence-electron chi connectivity index (χ4n) is 5.08. The highest BCUT2D eigenvalue weighted by molar-refractivity contribution is 5.91. The van der Waals surface area contributed by atoms with Crippen molar-refractivity contribution in [3.05, 3.63) is 93.0 Å². The molecule has 0 radical (unpaired) electrons. The van der Waals surface area contributed by atoms with E-state index in [0.29, 0.717) is 24.3 Å². The van der Waals surface area contributed by atoms with Crippen molar-refractivity contribution in [2.75, 3.05) is 11.9 Å². The van der Waals surface area contributed by atoms with Crippen LogP contribution in [0.25, 0.3) is 0 Å². The van der Waals surface area contributed by atoms with Gasteiger partial charge in [0.15, 0.2) is 0 Å². The SMILES string of the molecule is CCc1ccccc1CCc1cc(O)c(C(c2cccc(NC(=O)CCNC(=O)OC(C)(C)C)c2)C2CC2)c(=O)o1. The predicted molar refractivity (Wildman–Crippen MR) is 158 cm³/mol. The van der Waals surface area contributed by atoms with Gasteiger partial charge in [0.05, 0.1) is 5.56 Å². The second-order valence-electron chi connectivity index (χ2n) is 11.6. The Morgan fingerprint density at radius 1 is 1.05 bits per heavy atom. The summed E-state index contributed by atoms with van der Waals surface area (Å²) >= 11 is 0. The van der Waals surface area contributed by atoms with E-state index >= 15 is 0 Å². The first kappa shape index (κ1) is 29.9. The molecule has 0 aliphatic heterocycles. The molecule has 3 aromatic rings. The third kappa shape index (κ3) is 8.46. The van der Waals surface area contributed by atoms with E-state index < -0.39 is 17.3 Å². The van der Waals surface area contributed by atoms with E-state index in [1.165, 1.54) is 11.1 Å². The van der Waals surface area contributed by atoms with Gasteiger partial charge in [0.1, 0.15) is 17.1 Å². The Morgan fingerprint density at radius 2 is 1.78 bits per heavy atom. The molecule has 3 N–H and O–H groups in total. The topological polar surface area (TPSA) is 118 Å². The molecule has 8 heteroatoms. The first-order valence-corrected chi connectivity index (χ1v) is 14.3. The number of aryl methyl sites for hydroxylation is 3. The second-order valence-corrected chi connectivity index (χ2v) is 11.6. The van der Waals surface area contributed by atoms with Crippen LogP contribution >= 0.6 is 0 Å². The van der Waals surface area contributed by atoms with Crippen LogP contribution in [0, 0.1) is 5.92 Å². The summed E-state index contributed by atoms with van der Waals surface area (Å²) in [6.07, 6.45) is 3.53. The van der Waals surface area contributed by atoms with Crippen molar-refractivity contribution in [2.45, 2.75) is 77.7 Å². The first-order chi connectivity index (χ1) is 19.5. The van der Waals surface area contributed by atoms with Crippen LogP contribution in [0.2, 0.25) is 0 Å². The summed E-state index contributed by atoms with van der Waals surface area (Å²) in [4.78, 5) is 37.5. The maximum absolute atomic E-state index is 13.2. The number of benzene rings is 2. The molecule has 4 rings (SSSR count). The van der Waals surface area contributed by atoms with Crippen LogP contribution < -0.4 is 16.3 Å². The number of nitrogens with one attached hydrogen (secondary N) is 2. The third-order valence-electron chi connectivity index (χ3n) is 7.11. The zero-order valence-electron chi connectivity index (χ0n) is 24.3. The second kappa shape index (κ2) is 13.1. The average Bonchev–Trinajstić information content (AvgIpc) is 3.74. The number of carbonyl (C=O) groups excluding carboxylic acids is 2. The van der Waals surface area contributed by atoms with Gasteiger partial charge in [-0.3, -0.25) is 4.79 Å². The number of alkyl carbamates (subject to hydrolysis) is 1. The van der Waals surface area contributed by atoms with Gasteiger partial charge in [-0.05, 0) is 81.2 Å². The predicted octanol–water partition coefficient (Wildman–Crippen LogP) is 6.09. The first-order valence-electron chi connectivity index (χ1n) is 14.3. The quantitative estimate of drug-likeness (QED) is 0.261. The highest BCUT2D eigenvalue weighted by Gasteiger charge is 2.37. The van der Waals surface area contributed by atoms with Crippen molar-refractivity contribution in [3.8, 4) is 5.75 Å². The highest BCUT2D eigenvalue weighted by atomic mass is 16.6. The van der Waals surface area contributed by atoms with E-state index in [4.69, 9.17) is 9.15 Å². The Bertz CT molecular complexity index is 1430. The Labute approximate surface area is 241 Å². The molecular weight excluding hydrogens is 520 g/mol. The van der Waals surface area contributed by atoms with Gasteiger partial charge < -0.3 is 24.9 Å². The molecule has 2 aromatic carbocycles. The minimum Gasteiger partial charge on any atom is -0.507 e. The third-order valence-corrected chi connectivity index (χ3v) is 7.11. The van der Waals surface area contributed by atoms with Gasteiger partial charge in [0, 0.05) is 37.1 Å². The minimum absolute atomic E-state index is 0.0559. The Kier molecular flexibility index (Phi) is 9.53. The van der Waals surface area contributed by atoms with E-state index in [-0.39, 0.29) is 42.0 Å². The largest absolute Gasteiger partial charge is 0.507 e. The van der Waals surface area contributed by atoms with Crippen LogP contribution in [-0.2, 0) is 28.8 Å². The molecule has 1 heterocycles. The molecular formula is C33H40N2O6. The number of ether oxygens (including phenoxy) is 1. The lowest BCUT2D eigenvalue weighted by Gasteiger charge is -2.20. The molecule has 1 aliphatic rings. The lowest BCUT2D eigenvalue weighted by atomic mass is 9.87. The fourth-order valence-corrected chi connectivity index (χ4v) is 5.08. The minimum atomic E-state index is -0.613. The molecule has 1 aliphatic carbocycles. The van der Waals surface area contributed by atoms with Crippen LogP contribution in [0.1, 0.15) is 80.9 Å². The van der Waals surface area contributed by atoms with Gasteiger partial charge in [-0.1, -0.05) is 43.3 Å². The number of anilines is 1. The molecule has 1 unspecified atom stereocenters. The van der Waals surface area contributed by atoms with Crippen LogP contribution in [0.5, 0.6) is 5.75 Å². The van der Waals surface area contributed by atoms with Crippen molar-refractivity contribution < 1.29 is 23.8 Å². The summed E-state index contributed by atoms with van der Waals surface area (Å²) < 4.78 is 10.9. The van der Waals surface area contributed by atoms with Crippen LogP contribution in [0.15, 0.2) is 63.8 Å². The van der Waals surface area contributed by atoms with Gasteiger partial charge in [-0.25, -0.2) is 9.59 Å². The summed E-state index contributed by atoms with van der Waals surface area (Å²) in [5.74, 6) is -0.00306. The smallest absolute Gasteiger partial charge is 0.407 e. The molecule has 8 nitrogen and oxygen atoms in total. The molecule has 1 saturated carbocycles. The zero-order valence-corrected chi connectivity index (χ0v) is 24.3. The number of rotatable bonds is 11. The highest BCUT2D eigenvalue weighted by Crippen LogP contribution is 2.48. The number of hydrogen-bond acceptors (Lipinski definition) is 6. The van der Waals surface area contributed by atoms with E-state index in [9.17, 15) is 19.5 Å². The summed E-state index contributed by atoms with van der Waals surface area (Å²) in [5, 5.41) is 16.5. The molecule has 2 amide bonds. The molecule has 1 aromatic heterocycles. The van der Waals surface area contributed by atoms with Gasteiger partial charge >= 0.3 is 11.7 Å². The standard InChI is InChI=1S/C33H40N2O6/c1-5-21-9-6-7-10-22(21)15-16-26-20-27(36)30(31(38)40-26)29(23-13-14-23)24-11-8-12-25(19-24)35-28(37)17-18-34-32(39)41-33(2,3)4/h6-12,19-20,23,29,36H,5,13-18H2,1-4H3,(H,34,39)(H,35,37). The molecule has 41 heavy (non-hydrogen) atoms. The number of aromatic hydroxyl groups is 1. The normalized spacial score (nSPS) is 13.9. The van der Waals surface area contributed by atoms with Gasteiger partial charge in [-0.15, -0.1) is 0 Å². The van der Waals surface area contributed by atoms with Gasteiger partial charge in [-0.2, -0.15) is 0 Å². The lowest BCUT2D eigenvalue weighted by molar-refractivity contribution is -0.116. The van der Waals surface area contributed by atoms with E-state index in [0.717, 1.165) is 24.8 Å². The van der Waals surface area contributed by atoms with E-state index in [1.807, 2.05) is 30.3 Å². The maximum atomic E-state index is 13.2. The van der Waals surface area contributed by atoms with Crippen molar-refractivity contribution in [1.82, 2.24) is 5.32 Å². The number of carbonyl (C=O) groups is 2. The van der Waals surface area contributed by atoms with Crippen LogP contribution in [-0.4, -0.2) is 29.3 Å². The fraction of sp³-hybridized carbons (Fsp3) is 0.424. The monoisotopic (exact) mass is 560 g/mol. The maximum Gasteiger partial charge on any atom is 0.407 e. The zero-order chi connectivity index (χ0) is 29.6. The summed E-state index contributed by atoms with van der Waals surface area (Å²) in [6, 6.07) is 17.1. The summed E-state index contributed by atoms with van der Waals surface area (Å²) in [5.41, 5.74) is 2.98. The molecule has 1 fully saturated rings. The molecule has 218 valence electrons. The van der Waals surface area contributed by atoms with E-state index in [1.54, 1.807) is 32.9 Å². The molecule has 0 spiro atoms. The van der Waals surface area contributed by atoms with Crippen molar-refractivity contribution in [1.29, 1.82) is 0 Å². The van der Waals surface area contributed by atoms with Crippen molar-refractivity contribution >= 4 is 17.7 Å². The average molecular weight is 561 g/mol. The Balaban J connectivity index is 1.44. The van der Waals surface area contributed by atoms with Gasteiger partial charge in [0.25, 0.3) is 0 Å². The Morgan fingerprint density at radius 3 is 2.44 bits per heavy atom. The molecule has 1 atom stereocenters. The molecule has 0 saturated heterocycles. The van der Waals surface area contributed by atoms with Crippen molar-refractivity contribution in [3.63, 3.8) is 0 Å². The Hall–Kier alpha value is -4.07. The van der Waals surface area contributed by atoms with Crippen LogP contribution in [0.3, 0.4) is 0 Å². The number of hydrogen-bond donors (Lipinski definition) is 3. The number of amides is 2. The molecule has 0 bridgehead atoms. The summed E-state index contributed by atoms with van der Waals surface area (Å²) in [6.45, 7) is 7.56. The lowest BCUT2D eigenvalue weighted by Crippen LogP contribution is -2.34. The summed E-state index contributed by atoms with van der Waals surface area (Å²) in [7, 11) is 0. The van der Waals surface area contributed by atoms with Crippen LogP contribution in [0.4, 0.5) is 10.5 Å².